The van der Waals surface area contributed by atoms with Gasteiger partial charge in [-0.2, -0.15) is 0 Å². The molecule has 1 fully saturated rings. The molecule has 1 atom stereocenters. The summed E-state index contributed by atoms with van der Waals surface area (Å²) in [5.74, 6) is -1.07. The first-order chi connectivity index (χ1) is 15.1. The van der Waals surface area contributed by atoms with Crippen molar-refractivity contribution in [2.24, 2.45) is 0 Å². The van der Waals surface area contributed by atoms with Crippen LogP contribution in [0.3, 0.4) is 0 Å². The summed E-state index contributed by atoms with van der Waals surface area (Å²) in [5.41, 5.74) is 1.60. The molecule has 1 N–H and O–H groups in total. The van der Waals surface area contributed by atoms with Crippen LogP contribution in [0.15, 0.2) is 60.0 Å². The maximum Gasteiger partial charge on any atom is 0.276 e. The Morgan fingerprint density at radius 2 is 1.81 bits per heavy atom. The van der Waals surface area contributed by atoms with Crippen LogP contribution in [0.5, 0.6) is 0 Å². The summed E-state index contributed by atoms with van der Waals surface area (Å²) in [7, 11) is 0. The number of carbonyl (C=O) groups excluding carboxylic acids is 2. The van der Waals surface area contributed by atoms with Gasteiger partial charge in [-0.15, -0.1) is 5.10 Å². The summed E-state index contributed by atoms with van der Waals surface area (Å²) in [6.45, 7) is 0.206. The highest BCUT2D eigenvalue weighted by molar-refractivity contribution is 7.03. The van der Waals surface area contributed by atoms with Gasteiger partial charge in [0, 0.05) is 18.0 Å². The first kappa shape index (κ1) is 21.1. The average Bonchev–Trinajstić information content (AvgIpc) is 3.49. The number of hydrogen-bond acceptors (Lipinski definition) is 5. The van der Waals surface area contributed by atoms with Gasteiger partial charge in [0.1, 0.15) is 11.9 Å². The van der Waals surface area contributed by atoms with Crippen LogP contribution in [-0.4, -0.2) is 32.3 Å². The zero-order chi connectivity index (χ0) is 21.6. The van der Waals surface area contributed by atoms with Crippen LogP contribution in [0.25, 0.3) is 0 Å². The number of amides is 2. The molecule has 31 heavy (non-hydrogen) atoms. The monoisotopic (exact) mass is 438 g/mol. The third-order valence-corrected chi connectivity index (χ3v) is 5.99. The topological polar surface area (TPSA) is 75.2 Å². The van der Waals surface area contributed by atoms with Crippen molar-refractivity contribution in [1.29, 1.82) is 0 Å². The molecule has 2 amide bonds. The molecule has 0 bridgehead atoms. The molecule has 8 heteroatoms. The van der Waals surface area contributed by atoms with E-state index >= 15 is 0 Å². The van der Waals surface area contributed by atoms with Crippen molar-refractivity contribution < 1.29 is 14.0 Å². The van der Waals surface area contributed by atoms with Crippen molar-refractivity contribution in [2.75, 3.05) is 0 Å². The zero-order valence-electron chi connectivity index (χ0n) is 16.9. The highest BCUT2D eigenvalue weighted by Gasteiger charge is 2.34. The highest BCUT2D eigenvalue weighted by Crippen LogP contribution is 2.27. The van der Waals surface area contributed by atoms with Gasteiger partial charge in [-0.05, 0) is 47.6 Å². The number of nitrogens with one attached hydrogen (secondary N) is 1. The molecule has 1 heterocycles. The molecule has 2 aromatic carbocycles. The third-order valence-electron chi connectivity index (χ3n) is 5.48. The average molecular weight is 439 g/mol. The summed E-state index contributed by atoms with van der Waals surface area (Å²) in [5, 5.41) is 8.58. The van der Waals surface area contributed by atoms with Crippen LogP contribution in [0, 0.1) is 5.82 Å². The zero-order valence-corrected chi connectivity index (χ0v) is 17.7. The molecule has 0 spiro atoms. The largest absolute Gasteiger partial charge is 0.351 e. The molecule has 0 radical (unpaired) electrons. The molecular weight excluding hydrogens is 415 g/mol. The molecule has 6 nitrogen and oxygen atoms in total. The van der Waals surface area contributed by atoms with Gasteiger partial charge in [-0.1, -0.05) is 59.8 Å². The number of benzene rings is 2. The van der Waals surface area contributed by atoms with Crippen molar-refractivity contribution in [3.05, 3.63) is 82.6 Å². The van der Waals surface area contributed by atoms with E-state index in [1.54, 1.807) is 17.5 Å². The predicted octanol–water partition coefficient (Wildman–Crippen LogP) is 4.12. The van der Waals surface area contributed by atoms with E-state index in [0.29, 0.717) is 5.56 Å². The van der Waals surface area contributed by atoms with Gasteiger partial charge >= 0.3 is 0 Å². The molecule has 0 saturated heterocycles. The lowest BCUT2D eigenvalue weighted by atomic mass is 10.0. The number of carbonyl (C=O) groups is 2. The Bertz CT molecular complexity index is 1010. The van der Waals surface area contributed by atoms with Gasteiger partial charge in [0.05, 0.1) is 0 Å². The predicted molar refractivity (Wildman–Crippen MR) is 116 cm³/mol. The number of halogens is 1. The van der Waals surface area contributed by atoms with Gasteiger partial charge in [0.15, 0.2) is 5.69 Å². The van der Waals surface area contributed by atoms with E-state index in [-0.39, 0.29) is 24.2 Å². The van der Waals surface area contributed by atoms with Crippen LogP contribution in [-0.2, 0) is 11.3 Å². The summed E-state index contributed by atoms with van der Waals surface area (Å²) in [4.78, 5) is 28.4. The summed E-state index contributed by atoms with van der Waals surface area (Å²) in [6.07, 6.45) is 3.99. The van der Waals surface area contributed by atoms with E-state index < -0.39 is 17.8 Å². The minimum Gasteiger partial charge on any atom is -0.351 e. The van der Waals surface area contributed by atoms with Crippen LogP contribution in [0.1, 0.15) is 53.3 Å². The van der Waals surface area contributed by atoms with E-state index in [4.69, 9.17) is 0 Å². The molecule has 160 valence electrons. The Kier molecular flexibility index (Phi) is 6.66. The first-order valence-corrected chi connectivity index (χ1v) is 11.1. The van der Waals surface area contributed by atoms with Gasteiger partial charge in [-0.25, -0.2) is 4.39 Å². The van der Waals surface area contributed by atoms with E-state index in [9.17, 15) is 14.0 Å². The van der Waals surface area contributed by atoms with E-state index in [1.807, 2.05) is 30.3 Å². The lowest BCUT2D eigenvalue weighted by Crippen LogP contribution is -2.46. The van der Waals surface area contributed by atoms with Gasteiger partial charge < -0.3 is 10.2 Å². The quantitative estimate of drug-likeness (QED) is 0.602. The molecule has 1 aliphatic carbocycles. The van der Waals surface area contributed by atoms with Crippen molar-refractivity contribution >= 4 is 23.3 Å². The minimum atomic E-state index is -0.921. The Hall–Kier alpha value is -3.13. The fourth-order valence-electron chi connectivity index (χ4n) is 3.93. The van der Waals surface area contributed by atoms with Gasteiger partial charge in [-0.3, -0.25) is 9.59 Å². The summed E-state index contributed by atoms with van der Waals surface area (Å²) in [6, 6.07) is 14.3. The molecule has 0 aliphatic heterocycles. The van der Waals surface area contributed by atoms with E-state index in [0.717, 1.165) is 42.8 Å². The van der Waals surface area contributed by atoms with E-state index in [1.165, 1.54) is 17.0 Å². The van der Waals surface area contributed by atoms with Crippen LogP contribution in [0.2, 0.25) is 0 Å². The molecule has 4 rings (SSSR count). The third kappa shape index (κ3) is 5.14. The normalized spacial score (nSPS) is 14.9. The maximum absolute atomic E-state index is 13.6. The van der Waals surface area contributed by atoms with Crippen molar-refractivity contribution in [3.63, 3.8) is 0 Å². The Morgan fingerprint density at radius 1 is 1.10 bits per heavy atom. The van der Waals surface area contributed by atoms with Crippen LogP contribution < -0.4 is 5.32 Å². The molecule has 1 saturated carbocycles. The van der Waals surface area contributed by atoms with Crippen molar-refractivity contribution in [1.82, 2.24) is 19.8 Å². The highest BCUT2D eigenvalue weighted by atomic mass is 32.1. The fourth-order valence-corrected chi connectivity index (χ4v) is 4.36. The van der Waals surface area contributed by atoms with Crippen LogP contribution >= 0.6 is 11.5 Å². The SMILES string of the molecule is O=C(NC1CCCC1)[C@@H](c1ccc(F)cc1)N(Cc1ccccc1)C(=O)c1csnn1. The Morgan fingerprint density at radius 3 is 2.45 bits per heavy atom. The summed E-state index contributed by atoms with van der Waals surface area (Å²) >= 11 is 1.08. The smallest absolute Gasteiger partial charge is 0.276 e. The Balaban J connectivity index is 1.72. The second-order valence-electron chi connectivity index (χ2n) is 7.65. The van der Waals surface area contributed by atoms with E-state index in [2.05, 4.69) is 14.9 Å². The molecule has 1 aliphatic rings. The number of aromatic nitrogens is 2. The van der Waals surface area contributed by atoms with Crippen molar-refractivity contribution in [3.8, 4) is 0 Å². The lowest BCUT2D eigenvalue weighted by Gasteiger charge is -2.32. The standard InChI is InChI=1S/C23H23FN4O2S/c24-18-12-10-17(11-13-18)21(22(29)25-19-8-4-5-9-19)28(14-16-6-2-1-3-7-16)23(30)20-15-31-27-26-20/h1-3,6-7,10-13,15,19,21H,4-5,8-9,14H2,(H,25,29)/t21-/m1/s1. The van der Waals surface area contributed by atoms with Gasteiger partial charge in [0.2, 0.25) is 5.91 Å². The number of rotatable bonds is 7. The molecular formula is C23H23FN4O2S. The maximum atomic E-state index is 13.6. The second-order valence-corrected chi connectivity index (χ2v) is 8.26. The first-order valence-electron chi connectivity index (χ1n) is 10.3. The second kappa shape index (κ2) is 9.78. The lowest BCUT2D eigenvalue weighted by molar-refractivity contribution is -0.126. The molecule has 3 aromatic rings. The number of nitrogens with zero attached hydrogens (tertiary/aromatic N) is 3. The van der Waals surface area contributed by atoms with Crippen molar-refractivity contribution in [2.45, 2.75) is 44.3 Å². The molecule has 1 aromatic heterocycles. The van der Waals surface area contributed by atoms with Crippen LogP contribution in [0.4, 0.5) is 4.39 Å². The summed E-state index contributed by atoms with van der Waals surface area (Å²) < 4.78 is 17.4. The van der Waals surface area contributed by atoms with Gasteiger partial charge in [0.25, 0.3) is 5.91 Å². The number of hydrogen-bond donors (Lipinski definition) is 1. The Labute approximate surface area is 184 Å². The minimum absolute atomic E-state index is 0.0880. The fraction of sp³-hybridized carbons (Fsp3) is 0.304. The molecule has 0 unspecified atom stereocenters.